The predicted molar refractivity (Wildman–Crippen MR) is 90.3 cm³/mol. The van der Waals surface area contributed by atoms with E-state index >= 15 is 0 Å². The Balaban J connectivity index is 2.31. The molecular formula is C15H18Cl2N2OS. The number of nitrogens with zero attached hydrogens (tertiary/aromatic N) is 1. The molecule has 6 heteroatoms. The van der Waals surface area contributed by atoms with Gasteiger partial charge in [0.1, 0.15) is 5.01 Å². The Morgan fingerprint density at radius 1 is 1.29 bits per heavy atom. The Morgan fingerprint density at radius 2 is 2.05 bits per heavy atom. The third-order valence-corrected chi connectivity index (χ3v) is 4.78. The molecule has 3 nitrogen and oxygen atoms in total. The van der Waals surface area contributed by atoms with Crippen molar-refractivity contribution in [2.45, 2.75) is 33.0 Å². The van der Waals surface area contributed by atoms with Crippen molar-refractivity contribution in [2.75, 3.05) is 7.11 Å². The maximum atomic E-state index is 6.08. The summed E-state index contributed by atoms with van der Waals surface area (Å²) >= 11 is 13.7. The van der Waals surface area contributed by atoms with E-state index in [4.69, 9.17) is 27.9 Å². The summed E-state index contributed by atoms with van der Waals surface area (Å²) in [6.07, 6.45) is 0. The molecule has 0 atom stereocenters. The van der Waals surface area contributed by atoms with E-state index in [-0.39, 0.29) is 0 Å². The van der Waals surface area contributed by atoms with Gasteiger partial charge in [-0.2, -0.15) is 0 Å². The lowest BCUT2D eigenvalue weighted by atomic mass is 10.2. The molecule has 1 N–H and O–H groups in total. The fourth-order valence-electron chi connectivity index (χ4n) is 1.82. The number of methoxy groups -OCH3 is 1. The highest BCUT2D eigenvalue weighted by molar-refractivity contribution is 7.15. The highest BCUT2D eigenvalue weighted by atomic mass is 35.5. The maximum absolute atomic E-state index is 6.08. The fourth-order valence-corrected chi connectivity index (χ4v) is 3.13. The van der Waals surface area contributed by atoms with Crippen molar-refractivity contribution in [1.82, 2.24) is 10.3 Å². The molecule has 21 heavy (non-hydrogen) atoms. The minimum atomic E-state index is 0.427. The number of halogens is 2. The van der Waals surface area contributed by atoms with Gasteiger partial charge in [-0.3, -0.25) is 0 Å². The molecular weight excluding hydrogens is 327 g/mol. The van der Waals surface area contributed by atoms with Gasteiger partial charge in [0.25, 0.3) is 0 Å². The van der Waals surface area contributed by atoms with Crippen molar-refractivity contribution >= 4 is 34.5 Å². The van der Waals surface area contributed by atoms with Gasteiger partial charge in [-0.1, -0.05) is 43.1 Å². The summed E-state index contributed by atoms with van der Waals surface area (Å²) in [4.78, 5) is 5.86. The van der Waals surface area contributed by atoms with Crippen LogP contribution in [0.4, 0.5) is 0 Å². The highest BCUT2D eigenvalue weighted by Crippen LogP contribution is 2.32. The summed E-state index contributed by atoms with van der Waals surface area (Å²) in [6, 6.07) is 6.00. The van der Waals surface area contributed by atoms with Crippen LogP contribution in [0.5, 0.6) is 0 Å². The number of benzene rings is 1. The van der Waals surface area contributed by atoms with Gasteiger partial charge in [-0.25, -0.2) is 4.98 Å². The molecule has 0 amide bonds. The van der Waals surface area contributed by atoms with Crippen LogP contribution in [0.3, 0.4) is 0 Å². The first-order valence-electron chi connectivity index (χ1n) is 6.67. The van der Waals surface area contributed by atoms with Crippen LogP contribution in [0.1, 0.15) is 24.4 Å². The second-order valence-electron chi connectivity index (χ2n) is 4.99. The van der Waals surface area contributed by atoms with Gasteiger partial charge in [-0.15, -0.1) is 11.3 Å². The van der Waals surface area contributed by atoms with Gasteiger partial charge in [0, 0.05) is 30.1 Å². The van der Waals surface area contributed by atoms with E-state index in [9.17, 15) is 0 Å². The predicted octanol–water partition coefficient (Wildman–Crippen LogP) is 4.76. The molecule has 0 saturated heterocycles. The normalized spacial score (nSPS) is 11.3. The monoisotopic (exact) mass is 344 g/mol. The fraction of sp³-hybridized carbons (Fsp3) is 0.400. The zero-order valence-corrected chi connectivity index (χ0v) is 14.6. The number of aromatic nitrogens is 1. The standard InChI is InChI=1S/C15H18Cl2N2OS/c1-9(2)18-7-14-13(8-20-3)19-15(21-14)10-4-5-11(16)12(17)6-10/h4-6,9,18H,7-8H2,1-3H3. The zero-order chi connectivity index (χ0) is 15.4. The van der Waals surface area contributed by atoms with Crippen LogP contribution in [0.2, 0.25) is 10.0 Å². The van der Waals surface area contributed by atoms with Crippen molar-refractivity contribution < 1.29 is 4.74 Å². The molecule has 0 fully saturated rings. The van der Waals surface area contributed by atoms with Crippen molar-refractivity contribution in [3.63, 3.8) is 0 Å². The lowest BCUT2D eigenvalue weighted by molar-refractivity contribution is 0.181. The molecule has 2 aromatic rings. The Kier molecular flexibility index (Phi) is 6.02. The summed E-state index contributed by atoms with van der Waals surface area (Å²) in [5, 5.41) is 5.44. The summed E-state index contributed by atoms with van der Waals surface area (Å²) < 4.78 is 5.24. The topological polar surface area (TPSA) is 34.1 Å². The number of ether oxygens (including phenoxy) is 1. The molecule has 0 radical (unpaired) electrons. The van der Waals surface area contributed by atoms with E-state index in [0.29, 0.717) is 22.7 Å². The summed E-state index contributed by atoms with van der Waals surface area (Å²) in [5.41, 5.74) is 1.94. The average molecular weight is 345 g/mol. The Morgan fingerprint density at radius 3 is 2.67 bits per heavy atom. The van der Waals surface area contributed by atoms with Crippen molar-refractivity contribution in [3.8, 4) is 10.6 Å². The summed E-state index contributed by atoms with van der Waals surface area (Å²) in [7, 11) is 1.68. The van der Waals surface area contributed by atoms with Crippen molar-refractivity contribution in [3.05, 3.63) is 38.8 Å². The Labute approximate surface area is 139 Å². The number of thiazole rings is 1. The molecule has 1 aromatic carbocycles. The SMILES string of the molecule is COCc1nc(-c2ccc(Cl)c(Cl)c2)sc1CNC(C)C. The minimum absolute atomic E-state index is 0.427. The van der Waals surface area contributed by atoms with Crippen LogP contribution >= 0.6 is 34.5 Å². The van der Waals surface area contributed by atoms with E-state index < -0.39 is 0 Å². The molecule has 1 aromatic heterocycles. The molecule has 2 rings (SSSR count). The highest BCUT2D eigenvalue weighted by Gasteiger charge is 2.13. The summed E-state index contributed by atoms with van der Waals surface area (Å²) in [6.45, 7) is 5.54. The van der Waals surface area contributed by atoms with Crippen LogP contribution in [0.25, 0.3) is 10.6 Å². The number of rotatable bonds is 6. The van der Waals surface area contributed by atoms with E-state index in [1.807, 2.05) is 12.1 Å². The molecule has 0 spiro atoms. The Hall–Kier alpha value is -0.650. The second kappa shape index (κ2) is 7.56. The molecule has 0 aliphatic heterocycles. The third kappa shape index (κ3) is 4.41. The molecule has 0 unspecified atom stereocenters. The number of nitrogens with one attached hydrogen (secondary N) is 1. The molecule has 0 aliphatic carbocycles. The lowest BCUT2D eigenvalue weighted by Crippen LogP contribution is -2.21. The third-order valence-electron chi connectivity index (χ3n) is 2.90. The van der Waals surface area contributed by atoms with E-state index in [0.717, 1.165) is 22.8 Å². The number of hydrogen-bond donors (Lipinski definition) is 1. The lowest BCUT2D eigenvalue weighted by Gasteiger charge is -2.07. The molecule has 1 heterocycles. The molecule has 0 bridgehead atoms. The zero-order valence-electron chi connectivity index (χ0n) is 12.2. The summed E-state index contributed by atoms with van der Waals surface area (Å²) in [5.74, 6) is 0. The van der Waals surface area contributed by atoms with Gasteiger partial charge < -0.3 is 10.1 Å². The van der Waals surface area contributed by atoms with Gasteiger partial charge in [0.2, 0.25) is 0 Å². The molecule has 0 aliphatic rings. The number of hydrogen-bond acceptors (Lipinski definition) is 4. The van der Waals surface area contributed by atoms with Gasteiger partial charge in [0.05, 0.1) is 22.3 Å². The first-order chi connectivity index (χ1) is 10.0. The van der Waals surface area contributed by atoms with Crippen molar-refractivity contribution in [2.24, 2.45) is 0 Å². The smallest absolute Gasteiger partial charge is 0.124 e. The minimum Gasteiger partial charge on any atom is -0.378 e. The maximum Gasteiger partial charge on any atom is 0.124 e. The van der Waals surface area contributed by atoms with E-state index in [1.54, 1.807) is 24.5 Å². The van der Waals surface area contributed by atoms with Gasteiger partial charge in [0.15, 0.2) is 0 Å². The molecule has 114 valence electrons. The quantitative estimate of drug-likeness (QED) is 0.820. The molecule has 0 saturated carbocycles. The average Bonchev–Trinajstić information content (AvgIpc) is 2.83. The van der Waals surface area contributed by atoms with Crippen LogP contribution in [-0.4, -0.2) is 18.1 Å². The first-order valence-corrected chi connectivity index (χ1v) is 8.24. The Bertz CT molecular complexity index is 614. The first kappa shape index (κ1) is 16.7. The van der Waals surface area contributed by atoms with Gasteiger partial charge in [-0.05, 0) is 12.1 Å². The largest absolute Gasteiger partial charge is 0.378 e. The van der Waals surface area contributed by atoms with Crippen LogP contribution < -0.4 is 5.32 Å². The second-order valence-corrected chi connectivity index (χ2v) is 6.88. The van der Waals surface area contributed by atoms with Gasteiger partial charge >= 0.3 is 0 Å². The van der Waals surface area contributed by atoms with E-state index in [1.165, 1.54) is 4.88 Å². The van der Waals surface area contributed by atoms with Crippen LogP contribution in [-0.2, 0) is 17.9 Å². The van der Waals surface area contributed by atoms with Crippen LogP contribution in [0, 0.1) is 0 Å². The van der Waals surface area contributed by atoms with Crippen LogP contribution in [0.15, 0.2) is 18.2 Å². The van der Waals surface area contributed by atoms with Crippen molar-refractivity contribution in [1.29, 1.82) is 0 Å². The van der Waals surface area contributed by atoms with E-state index in [2.05, 4.69) is 24.1 Å².